The molecule has 84 valence electrons. The zero-order valence-electron chi connectivity index (χ0n) is 9.22. The van der Waals surface area contributed by atoms with E-state index in [2.05, 4.69) is 21.2 Å². The van der Waals surface area contributed by atoms with Crippen LogP contribution in [0.2, 0.25) is 0 Å². The summed E-state index contributed by atoms with van der Waals surface area (Å²) in [7, 11) is 0. The molecular formula is C13H12N4. The molecule has 4 nitrogen and oxygen atoms in total. The van der Waals surface area contributed by atoms with E-state index in [4.69, 9.17) is 5.73 Å². The van der Waals surface area contributed by atoms with E-state index in [1.165, 1.54) is 0 Å². The highest BCUT2D eigenvalue weighted by molar-refractivity contribution is 5.94. The van der Waals surface area contributed by atoms with E-state index in [0.717, 1.165) is 27.9 Å². The molecule has 3 N–H and O–H groups in total. The summed E-state index contributed by atoms with van der Waals surface area (Å²) < 4.78 is 0. The van der Waals surface area contributed by atoms with Gasteiger partial charge in [0.05, 0.1) is 11.4 Å². The van der Waals surface area contributed by atoms with Crippen LogP contribution in [0.1, 0.15) is 5.69 Å². The number of aromatic amines is 1. The standard InChI is InChI=1S/C13H12N4/c14-7-9-5-6-13(17-16-9)11-8-15-12-4-2-1-3-10(11)12/h1-6,8,15H,7,14H2. The van der Waals surface area contributed by atoms with Crippen molar-refractivity contribution in [1.29, 1.82) is 0 Å². The molecule has 0 bridgehead atoms. The fourth-order valence-corrected chi connectivity index (χ4v) is 1.90. The van der Waals surface area contributed by atoms with Crippen molar-refractivity contribution in [2.45, 2.75) is 6.54 Å². The highest BCUT2D eigenvalue weighted by Crippen LogP contribution is 2.26. The number of hydrogen-bond donors (Lipinski definition) is 2. The molecular weight excluding hydrogens is 212 g/mol. The summed E-state index contributed by atoms with van der Waals surface area (Å²) in [6.45, 7) is 0.418. The smallest absolute Gasteiger partial charge is 0.0951 e. The second-order valence-electron chi connectivity index (χ2n) is 3.86. The van der Waals surface area contributed by atoms with Crippen molar-refractivity contribution in [2.75, 3.05) is 0 Å². The molecule has 0 amide bonds. The van der Waals surface area contributed by atoms with Crippen molar-refractivity contribution < 1.29 is 0 Å². The molecule has 0 unspecified atom stereocenters. The first kappa shape index (κ1) is 9.99. The summed E-state index contributed by atoms with van der Waals surface area (Å²) in [5, 5.41) is 9.42. The van der Waals surface area contributed by atoms with E-state index in [9.17, 15) is 0 Å². The molecule has 3 aromatic rings. The molecule has 0 fully saturated rings. The van der Waals surface area contributed by atoms with Gasteiger partial charge in [0.1, 0.15) is 0 Å². The minimum Gasteiger partial charge on any atom is -0.360 e. The first-order chi connectivity index (χ1) is 8.38. The molecule has 2 aromatic heterocycles. The van der Waals surface area contributed by atoms with E-state index in [0.29, 0.717) is 6.54 Å². The largest absolute Gasteiger partial charge is 0.360 e. The Morgan fingerprint density at radius 2 is 1.94 bits per heavy atom. The van der Waals surface area contributed by atoms with Crippen molar-refractivity contribution in [3.05, 3.63) is 48.3 Å². The average Bonchev–Trinajstić information content (AvgIpc) is 2.83. The number of benzene rings is 1. The molecule has 0 saturated carbocycles. The molecule has 0 aliphatic rings. The normalized spacial score (nSPS) is 10.9. The van der Waals surface area contributed by atoms with Gasteiger partial charge in [-0.3, -0.25) is 0 Å². The Balaban J connectivity index is 2.13. The van der Waals surface area contributed by atoms with Gasteiger partial charge in [0.2, 0.25) is 0 Å². The zero-order chi connectivity index (χ0) is 11.7. The number of para-hydroxylation sites is 1. The van der Waals surface area contributed by atoms with Crippen LogP contribution in [0.3, 0.4) is 0 Å². The summed E-state index contributed by atoms with van der Waals surface area (Å²) in [6.07, 6.45) is 1.96. The molecule has 0 aliphatic carbocycles. The first-order valence-corrected chi connectivity index (χ1v) is 5.47. The van der Waals surface area contributed by atoms with Crippen LogP contribution in [0.4, 0.5) is 0 Å². The third kappa shape index (κ3) is 1.68. The van der Waals surface area contributed by atoms with Crippen molar-refractivity contribution >= 4 is 10.9 Å². The maximum atomic E-state index is 5.50. The third-order valence-corrected chi connectivity index (χ3v) is 2.79. The number of aromatic nitrogens is 3. The van der Waals surface area contributed by atoms with Gasteiger partial charge in [-0.25, -0.2) is 0 Å². The van der Waals surface area contributed by atoms with Gasteiger partial charge >= 0.3 is 0 Å². The molecule has 2 heterocycles. The van der Waals surface area contributed by atoms with Crippen LogP contribution in [0.15, 0.2) is 42.6 Å². The van der Waals surface area contributed by atoms with Gasteiger partial charge in [-0.05, 0) is 18.2 Å². The minimum absolute atomic E-state index is 0.418. The van der Waals surface area contributed by atoms with Gasteiger partial charge in [0.25, 0.3) is 0 Å². The summed E-state index contributed by atoms with van der Waals surface area (Å²) in [5.74, 6) is 0. The second-order valence-corrected chi connectivity index (χ2v) is 3.86. The van der Waals surface area contributed by atoms with Gasteiger partial charge < -0.3 is 10.7 Å². The van der Waals surface area contributed by atoms with Crippen LogP contribution in [0, 0.1) is 0 Å². The number of nitrogens with zero attached hydrogens (tertiary/aromatic N) is 2. The Morgan fingerprint density at radius 1 is 1.06 bits per heavy atom. The maximum absolute atomic E-state index is 5.50. The van der Waals surface area contributed by atoms with Crippen molar-refractivity contribution in [3.63, 3.8) is 0 Å². The Morgan fingerprint density at radius 3 is 2.71 bits per heavy atom. The van der Waals surface area contributed by atoms with Gasteiger partial charge in [0, 0.05) is 29.2 Å². The number of nitrogens with two attached hydrogens (primary N) is 1. The lowest BCUT2D eigenvalue weighted by atomic mass is 10.1. The highest BCUT2D eigenvalue weighted by atomic mass is 15.1. The van der Waals surface area contributed by atoms with Crippen LogP contribution in [0.25, 0.3) is 22.2 Å². The first-order valence-electron chi connectivity index (χ1n) is 5.47. The quantitative estimate of drug-likeness (QED) is 0.700. The number of fused-ring (bicyclic) bond motifs is 1. The number of hydrogen-bond acceptors (Lipinski definition) is 3. The van der Waals surface area contributed by atoms with Crippen molar-refractivity contribution in [2.24, 2.45) is 5.73 Å². The Kier molecular flexibility index (Phi) is 2.34. The monoisotopic (exact) mass is 224 g/mol. The van der Waals surface area contributed by atoms with Gasteiger partial charge in [-0.15, -0.1) is 0 Å². The Bertz CT molecular complexity index is 640. The zero-order valence-corrected chi connectivity index (χ0v) is 9.22. The predicted octanol–water partition coefficient (Wildman–Crippen LogP) is 2.08. The van der Waals surface area contributed by atoms with Crippen molar-refractivity contribution in [3.8, 4) is 11.3 Å². The van der Waals surface area contributed by atoms with E-state index in [1.54, 1.807) is 0 Å². The lowest BCUT2D eigenvalue weighted by Crippen LogP contribution is -2.00. The predicted molar refractivity (Wildman–Crippen MR) is 67.2 cm³/mol. The summed E-state index contributed by atoms with van der Waals surface area (Å²) >= 11 is 0. The van der Waals surface area contributed by atoms with Crippen molar-refractivity contribution in [1.82, 2.24) is 15.2 Å². The molecule has 0 aliphatic heterocycles. The lowest BCUT2D eigenvalue weighted by Gasteiger charge is -1.99. The lowest BCUT2D eigenvalue weighted by molar-refractivity contribution is 0.903. The fraction of sp³-hybridized carbons (Fsp3) is 0.0769. The van der Waals surface area contributed by atoms with E-state index < -0.39 is 0 Å². The molecule has 0 spiro atoms. The molecule has 4 heteroatoms. The van der Waals surface area contributed by atoms with Gasteiger partial charge in [0.15, 0.2) is 0 Å². The fourth-order valence-electron chi connectivity index (χ4n) is 1.90. The second kappa shape index (κ2) is 3.99. The van der Waals surface area contributed by atoms with Crippen LogP contribution in [0.5, 0.6) is 0 Å². The number of rotatable bonds is 2. The number of nitrogens with one attached hydrogen (secondary N) is 1. The molecule has 3 rings (SSSR count). The van der Waals surface area contributed by atoms with Gasteiger partial charge in [-0.2, -0.15) is 10.2 Å². The third-order valence-electron chi connectivity index (χ3n) is 2.79. The van der Waals surface area contributed by atoms with E-state index in [-0.39, 0.29) is 0 Å². The summed E-state index contributed by atoms with van der Waals surface area (Å²) in [4.78, 5) is 3.22. The topological polar surface area (TPSA) is 67.6 Å². The Labute approximate surface area is 98.5 Å². The van der Waals surface area contributed by atoms with E-state index >= 15 is 0 Å². The van der Waals surface area contributed by atoms with Crippen LogP contribution >= 0.6 is 0 Å². The molecule has 0 saturated heterocycles. The van der Waals surface area contributed by atoms with Crippen LogP contribution < -0.4 is 5.73 Å². The van der Waals surface area contributed by atoms with Crippen LogP contribution in [-0.4, -0.2) is 15.2 Å². The molecule has 1 aromatic carbocycles. The molecule has 17 heavy (non-hydrogen) atoms. The number of H-pyrrole nitrogens is 1. The molecule has 0 radical (unpaired) electrons. The summed E-state index contributed by atoms with van der Waals surface area (Å²) in [6, 6.07) is 12.0. The Hall–Kier alpha value is -2.20. The maximum Gasteiger partial charge on any atom is 0.0951 e. The average molecular weight is 224 g/mol. The minimum atomic E-state index is 0.418. The van der Waals surface area contributed by atoms with E-state index in [1.807, 2.05) is 36.5 Å². The van der Waals surface area contributed by atoms with Gasteiger partial charge in [-0.1, -0.05) is 18.2 Å². The summed E-state index contributed by atoms with van der Waals surface area (Å²) in [5.41, 5.74) is 9.33. The SMILES string of the molecule is NCc1ccc(-c2c[nH]c3ccccc23)nn1. The molecule has 0 atom stereocenters. The van der Waals surface area contributed by atoms with Crippen LogP contribution in [-0.2, 0) is 6.54 Å². The highest BCUT2D eigenvalue weighted by Gasteiger charge is 2.06.